The topological polar surface area (TPSA) is 85.8 Å². The fraction of sp³-hybridized carbons (Fsp3) is 0.278. The summed E-state index contributed by atoms with van der Waals surface area (Å²) in [5.41, 5.74) is -0.679. The van der Waals surface area contributed by atoms with Gasteiger partial charge in [-0.2, -0.15) is 13.2 Å². The molecule has 2 aromatic rings. The van der Waals surface area contributed by atoms with Gasteiger partial charge < -0.3 is 15.3 Å². The van der Waals surface area contributed by atoms with Crippen LogP contribution in [-0.4, -0.2) is 46.7 Å². The van der Waals surface area contributed by atoms with E-state index < -0.39 is 24.0 Å². The quantitative estimate of drug-likeness (QED) is 0.838. The van der Waals surface area contributed by atoms with Crippen molar-refractivity contribution in [2.75, 3.05) is 23.8 Å². The van der Waals surface area contributed by atoms with Gasteiger partial charge in [-0.15, -0.1) is 0 Å². The van der Waals surface area contributed by atoms with Crippen molar-refractivity contribution in [2.24, 2.45) is 0 Å². The highest BCUT2D eigenvalue weighted by atomic mass is 19.4. The number of nitrogens with one attached hydrogen (secondary N) is 1. The van der Waals surface area contributed by atoms with Gasteiger partial charge in [0, 0.05) is 31.4 Å². The highest BCUT2D eigenvalue weighted by Crippen LogP contribution is 2.39. The summed E-state index contributed by atoms with van der Waals surface area (Å²) >= 11 is 0. The second-order valence-corrected chi connectivity index (χ2v) is 6.36. The largest absolute Gasteiger partial charge is 0.417 e. The van der Waals surface area contributed by atoms with Crippen molar-refractivity contribution in [1.82, 2.24) is 9.88 Å². The molecule has 2 N–H and O–H groups in total. The van der Waals surface area contributed by atoms with E-state index >= 15 is 0 Å². The Bertz CT molecular complexity index is 933. The first-order valence-electron chi connectivity index (χ1n) is 8.25. The minimum absolute atomic E-state index is 0.0393. The summed E-state index contributed by atoms with van der Waals surface area (Å²) < 4.78 is 41.1. The maximum absolute atomic E-state index is 13.7. The van der Waals surface area contributed by atoms with Crippen LogP contribution in [-0.2, 0) is 11.0 Å². The highest BCUT2D eigenvalue weighted by molar-refractivity contribution is 5.94. The Labute approximate surface area is 158 Å². The van der Waals surface area contributed by atoms with Gasteiger partial charge in [-0.1, -0.05) is 12.1 Å². The number of nitrogens with zero attached hydrogens (tertiary/aromatic N) is 3. The molecular weight excluding hydrogens is 377 g/mol. The minimum Gasteiger partial charge on any atom is -0.371 e. The molecule has 2 heterocycles. The van der Waals surface area contributed by atoms with Gasteiger partial charge in [0.25, 0.3) is 0 Å². The molecule has 0 radical (unpaired) electrons. The number of alkyl halides is 3. The van der Waals surface area contributed by atoms with E-state index in [1.165, 1.54) is 37.1 Å². The van der Waals surface area contributed by atoms with E-state index in [0.29, 0.717) is 5.69 Å². The molecule has 10 heteroatoms. The summed E-state index contributed by atoms with van der Waals surface area (Å²) in [7, 11) is 1.43. The number of urea groups is 1. The Kier molecular flexibility index (Phi) is 4.99. The smallest absolute Gasteiger partial charge is 0.371 e. The average Bonchev–Trinajstić information content (AvgIpc) is 2.85. The number of aliphatic hydroxyl groups is 1. The van der Waals surface area contributed by atoms with E-state index in [0.717, 1.165) is 17.2 Å². The summed E-state index contributed by atoms with van der Waals surface area (Å²) in [6.45, 7) is 1.25. The third-order valence-electron chi connectivity index (χ3n) is 4.20. The van der Waals surface area contributed by atoms with Crippen molar-refractivity contribution in [3.05, 3.63) is 42.1 Å². The number of hydrogen-bond donors (Lipinski definition) is 2. The summed E-state index contributed by atoms with van der Waals surface area (Å²) in [4.78, 5) is 29.3. The number of amides is 3. The Hall–Kier alpha value is -3.14. The molecule has 3 rings (SSSR count). The number of benzene rings is 1. The number of carbonyl (C=O) groups is 2. The zero-order valence-electron chi connectivity index (χ0n) is 15.0. The summed E-state index contributed by atoms with van der Waals surface area (Å²) in [5.74, 6) is -0.650. The molecule has 1 aliphatic rings. The van der Waals surface area contributed by atoms with Crippen molar-refractivity contribution in [2.45, 2.75) is 19.3 Å². The normalized spacial score (nSPS) is 17.2. The maximum atomic E-state index is 13.7. The van der Waals surface area contributed by atoms with Crippen molar-refractivity contribution in [3.8, 4) is 11.1 Å². The van der Waals surface area contributed by atoms with Crippen LogP contribution in [0.1, 0.15) is 12.5 Å². The van der Waals surface area contributed by atoms with Crippen LogP contribution in [0.25, 0.3) is 11.1 Å². The van der Waals surface area contributed by atoms with Crippen LogP contribution in [0.15, 0.2) is 36.5 Å². The van der Waals surface area contributed by atoms with Crippen molar-refractivity contribution < 1.29 is 27.9 Å². The SMILES string of the molecule is CC(=O)Nc1cccc(-c2cnc(N3C(=O)N(C)CC3O)cc2C(F)(F)F)c1. The van der Waals surface area contributed by atoms with Gasteiger partial charge in [-0.05, 0) is 23.8 Å². The van der Waals surface area contributed by atoms with E-state index in [-0.39, 0.29) is 29.4 Å². The summed E-state index contributed by atoms with van der Waals surface area (Å²) in [5, 5.41) is 12.5. The molecule has 0 aliphatic carbocycles. The number of β-amino-alcohol motifs (C(OH)–C–C–N with tert-alkyl or cyclic N) is 1. The van der Waals surface area contributed by atoms with Gasteiger partial charge >= 0.3 is 12.2 Å². The fourth-order valence-corrected chi connectivity index (χ4v) is 2.98. The number of hydrogen-bond acceptors (Lipinski definition) is 4. The Morgan fingerprint density at radius 2 is 2.04 bits per heavy atom. The van der Waals surface area contributed by atoms with E-state index in [2.05, 4.69) is 10.3 Å². The van der Waals surface area contributed by atoms with E-state index in [4.69, 9.17) is 0 Å². The molecule has 0 saturated carbocycles. The molecule has 1 aromatic carbocycles. The van der Waals surface area contributed by atoms with Crippen LogP contribution >= 0.6 is 0 Å². The van der Waals surface area contributed by atoms with Crippen molar-refractivity contribution >= 4 is 23.4 Å². The number of pyridine rings is 1. The molecule has 1 aliphatic heterocycles. The van der Waals surface area contributed by atoms with Crippen LogP contribution < -0.4 is 10.2 Å². The van der Waals surface area contributed by atoms with Gasteiger partial charge in [0.05, 0.1) is 12.1 Å². The van der Waals surface area contributed by atoms with Crippen LogP contribution in [0, 0.1) is 0 Å². The molecule has 7 nitrogen and oxygen atoms in total. The lowest BCUT2D eigenvalue weighted by atomic mass is 10.0. The molecule has 148 valence electrons. The average molecular weight is 394 g/mol. The van der Waals surface area contributed by atoms with Crippen molar-refractivity contribution in [3.63, 3.8) is 0 Å². The third-order valence-corrected chi connectivity index (χ3v) is 4.20. The summed E-state index contributed by atoms with van der Waals surface area (Å²) in [6, 6.07) is 6.01. The molecule has 1 fully saturated rings. The molecule has 28 heavy (non-hydrogen) atoms. The third kappa shape index (κ3) is 3.77. The lowest BCUT2D eigenvalue weighted by Gasteiger charge is -2.21. The predicted octanol–water partition coefficient (Wildman–Crippen LogP) is 2.92. The number of anilines is 2. The molecule has 0 spiro atoms. The van der Waals surface area contributed by atoms with Gasteiger partial charge in [-0.3, -0.25) is 4.79 Å². The first-order valence-corrected chi connectivity index (χ1v) is 8.25. The van der Waals surface area contributed by atoms with Crippen LogP contribution in [0.4, 0.5) is 29.5 Å². The molecule has 1 aromatic heterocycles. The lowest BCUT2D eigenvalue weighted by molar-refractivity contribution is -0.137. The second-order valence-electron chi connectivity index (χ2n) is 6.36. The van der Waals surface area contributed by atoms with Gasteiger partial charge in [0.15, 0.2) is 6.23 Å². The lowest BCUT2D eigenvalue weighted by Crippen LogP contribution is -2.35. The number of likely N-dealkylation sites (N-methyl/N-ethyl adjacent to an activating group) is 1. The zero-order valence-corrected chi connectivity index (χ0v) is 15.0. The zero-order chi connectivity index (χ0) is 20.6. The molecule has 1 atom stereocenters. The number of halogens is 3. The molecular formula is C18H17F3N4O3. The Balaban J connectivity index is 2.08. The Morgan fingerprint density at radius 1 is 1.32 bits per heavy atom. The molecule has 1 unspecified atom stereocenters. The van der Waals surface area contributed by atoms with Crippen LogP contribution in [0.5, 0.6) is 0 Å². The van der Waals surface area contributed by atoms with Gasteiger partial charge in [0.2, 0.25) is 5.91 Å². The first kappa shape index (κ1) is 19.6. The highest BCUT2D eigenvalue weighted by Gasteiger charge is 2.39. The first-order chi connectivity index (χ1) is 13.1. The van der Waals surface area contributed by atoms with E-state index in [9.17, 15) is 27.9 Å². The van der Waals surface area contributed by atoms with Crippen molar-refractivity contribution in [1.29, 1.82) is 0 Å². The predicted molar refractivity (Wildman–Crippen MR) is 95.5 cm³/mol. The minimum atomic E-state index is -4.73. The number of rotatable bonds is 3. The molecule has 0 bridgehead atoms. The number of carbonyl (C=O) groups excluding carboxylic acids is 2. The molecule has 1 saturated heterocycles. The fourth-order valence-electron chi connectivity index (χ4n) is 2.98. The standard InChI is InChI=1S/C18H17F3N4O3/c1-10(26)23-12-5-3-4-11(6-12)13-8-22-15(7-14(13)18(19,20)21)25-16(27)9-24(2)17(25)28/h3-8,16,27H,9H2,1-2H3,(H,23,26). The second kappa shape index (κ2) is 7.12. The van der Waals surface area contributed by atoms with Crippen LogP contribution in [0.3, 0.4) is 0 Å². The van der Waals surface area contributed by atoms with Gasteiger partial charge in [0.1, 0.15) is 5.82 Å². The Morgan fingerprint density at radius 3 is 2.61 bits per heavy atom. The van der Waals surface area contributed by atoms with E-state index in [1.54, 1.807) is 6.07 Å². The monoisotopic (exact) mass is 394 g/mol. The summed E-state index contributed by atoms with van der Waals surface area (Å²) in [6.07, 6.45) is -5.01. The maximum Gasteiger partial charge on any atom is 0.417 e. The molecule has 3 amide bonds. The van der Waals surface area contributed by atoms with Gasteiger partial charge in [-0.25, -0.2) is 14.7 Å². The number of aliphatic hydroxyl groups excluding tert-OH is 1. The van der Waals surface area contributed by atoms with E-state index in [1.807, 2.05) is 0 Å². The van der Waals surface area contributed by atoms with Crippen LogP contribution in [0.2, 0.25) is 0 Å². The number of aromatic nitrogens is 1.